The predicted octanol–water partition coefficient (Wildman–Crippen LogP) is 5.23. The van der Waals surface area contributed by atoms with Crippen LogP contribution in [0, 0.1) is 0 Å². The lowest BCUT2D eigenvalue weighted by Crippen LogP contribution is -2.46. The summed E-state index contributed by atoms with van der Waals surface area (Å²) in [6.07, 6.45) is 11.1. The van der Waals surface area contributed by atoms with E-state index in [4.69, 9.17) is 20.3 Å². The molecular weight excluding hydrogens is 452 g/mol. The van der Waals surface area contributed by atoms with Crippen LogP contribution in [0.15, 0.2) is 0 Å². The summed E-state index contributed by atoms with van der Waals surface area (Å²) in [5, 5.41) is 11.3. The van der Waals surface area contributed by atoms with Crippen LogP contribution in [-0.2, 0) is 23.9 Å². The summed E-state index contributed by atoms with van der Waals surface area (Å²) in [5.41, 5.74) is 4.66. The highest BCUT2D eigenvalue weighted by Gasteiger charge is 2.29. The van der Waals surface area contributed by atoms with Crippen molar-refractivity contribution >= 4 is 23.9 Å². The SMILES string of the molecule is CCCCCCCCCCCCCC(OC(=O)[C@H](CCCC(=O)O)NC(=O)OC(C)(C)C)C(N)=O. The number of unbranched alkanes of at least 4 members (excludes halogenated alkanes) is 10. The van der Waals surface area contributed by atoms with E-state index in [0.717, 1.165) is 19.3 Å². The lowest BCUT2D eigenvalue weighted by molar-refractivity contribution is -0.157. The second-order valence-electron chi connectivity index (χ2n) is 10.1. The van der Waals surface area contributed by atoms with Gasteiger partial charge in [-0.05, 0) is 46.5 Å². The number of primary amides is 1. The van der Waals surface area contributed by atoms with Crippen molar-refractivity contribution in [2.75, 3.05) is 0 Å². The molecule has 0 spiro atoms. The highest BCUT2D eigenvalue weighted by molar-refractivity contribution is 5.86. The number of nitrogens with one attached hydrogen (secondary N) is 1. The first-order chi connectivity index (χ1) is 16.5. The van der Waals surface area contributed by atoms with Crippen LogP contribution in [0.2, 0.25) is 0 Å². The molecule has 2 atom stereocenters. The van der Waals surface area contributed by atoms with E-state index in [-0.39, 0.29) is 19.3 Å². The third-order valence-corrected chi connectivity index (χ3v) is 5.50. The van der Waals surface area contributed by atoms with Crippen LogP contribution in [0.1, 0.15) is 124 Å². The van der Waals surface area contributed by atoms with E-state index < -0.39 is 41.7 Å². The van der Waals surface area contributed by atoms with Crippen LogP contribution in [0.5, 0.6) is 0 Å². The van der Waals surface area contributed by atoms with Gasteiger partial charge in [0.15, 0.2) is 6.10 Å². The quantitative estimate of drug-likeness (QED) is 0.153. The number of rotatable bonds is 20. The number of nitrogens with two attached hydrogens (primary N) is 1. The summed E-state index contributed by atoms with van der Waals surface area (Å²) in [6.45, 7) is 7.26. The van der Waals surface area contributed by atoms with Crippen LogP contribution in [0.3, 0.4) is 0 Å². The zero-order valence-corrected chi connectivity index (χ0v) is 22.2. The molecule has 0 radical (unpaired) electrons. The van der Waals surface area contributed by atoms with E-state index in [1.54, 1.807) is 20.8 Å². The Morgan fingerprint density at radius 3 is 1.80 bits per heavy atom. The lowest BCUT2D eigenvalue weighted by atomic mass is 10.0. The highest BCUT2D eigenvalue weighted by Crippen LogP contribution is 2.15. The molecule has 0 rings (SSSR count). The molecule has 0 aliphatic carbocycles. The topological polar surface area (TPSA) is 145 Å². The van der Waals surface area contributed by atoms with Gasteiger partial charge in [0, 0.05) is 6.42 Å². The van der Waals surface area contributed by atoms with E-state index in [0.29, 0.717) is 12.8 Å². The lowest BCUT2D eigenvalue weighted by Gasteiger charge is -2.24. The molecule has 0 aromatic carbocycles. The molecule has 0 bridgehead atoms. The van der Waals surface area contributed by atoms with E-state index in [1.807, 2.05) is 0 Å². The molecule has 1 unspecified atom stereocenters. The first-order valence-corrected chi connectivity index (χ1v) is 13.2. The number of carbonyl (C=O) groups excluding carboxylic acids is 3. The van der Waals surface area contributed by atoms with Gasteiger partial charge in [-0.1, -0.05) is 71.1 Å². The van der Waals surface area contributed by atoms with Gasteiger partial charge < -0.3 is 25.6 Å². The van der Waals surface area contributed by atoms with Crippen molar-refractivity contribution in [3.63, 3.8) is 0 Å². The Bertz CT molecular complexity index is 632. The van der Waals surface area contributed by atoms with Gasteiger partial charge >= 0.3 is 18.0 Å². The third kappa shape index (κ3) is 19.7. The van der Waals surface area contributed by atoms with Crippen molar-refractivity contribution in [1.82, 2.24) is 5.32 Å². The summed E-state index contributed by atoms with van der Waals surface area (Å²) in [4.78, 5) is 47.5. The fraction of sp³-hybridized carbons (Fsp3) is 0.846. The molecule has 204 valence electrons. The Hall–Kier alpha value is -2.32. The second-order valence-corrected chi connectivity index (χ2v) is 10.1. The maximum atomic E-state index is 12.7. The molecule has 0 aromatic heterocycles. The van der Waals surface area contributed by atoms with Crippen molar-refractivity contribution in [3.8, 4) is 0 Å². The molecule has 4 N–H and O–H groups in total. The summed E-state index contributed by atoms with van der Waals surface area (Å²) in [6, 6.07) is -1.14. The average molecular weight is 501 g/mol. The summed E-state index contributed by atoms with van der Waals surface area (Å²) in [5.74, 6) is -2.58. The number of carbonyl (C=O) groups is 4. The number of hydrogen-bond acceptors (Lipinski definition) is 6. The molecule has 2 amide bonds. The van der Waals surface area contributed by atoms with E-state index in [2.05, 4.69) is 12.2 Å². The number of amides is 2. The van der Waals surface area contributed by atoms with Gasteiger partial charge in [0.05, 0.1) is 0 Å². The van der Waals surface area contributed by atoms with E-state index in [9.17, 15) is 19.2 Å². The molecule has 35 heavy (non-hydrogen) atoms. The summed E-state index contributed by atoms with van der Waals surface area (Å²) >= 11 is 0. The van der Waals surface area contributed by atoms with Gasteiger partial charge in [-0.25, -0.2) is 9.59 Å². The van der Waals surface area contributed by atoms with Crippen LogP contribution in [0.25, 0.3) is 0 Å². The Balaban J connectivity index is 4.54. The molecule has 0 aromatic rings. The molecule has 9 nitrogen and oxygen atoms in total. The van der Waals surface area contributed by atoms with Crippen LogP contribution < -0.4 is 11.1 Å². The van der Waals surface area contributed by atoms with E-state index in [1.165, 1.54) is 44.9 Å². The molecule has 0 fully saturated rings. The van der Waals surface area contributed by atoms with Crippen LogP contribution in [0.4, 0.5) is 4.79 Å². The Morgan fingerprint density at radius 1 is 0.829 bits per heavy atom. The predicted molar refractivity (Wildman–Crippen MR) is 135 cm³/mol. The Labute approximate surface area is 210 Å². The zero-order chi connectivity index (χ0) is 26.7. The molecule has 0 aliphatic rings. The first-order valence-electron chi connectivity index (χ1n) is 13.2. The van der Waals surface area contributed by atoms with Gasteiger partial charge in [0.2, 0.25) is 0 Å². The molecule has 0 aliphatic heterocycles. The highest BCUT2D eigenvalue weighted by atomic mass is 16.6. The van der Waals surface area contributed by atoms with Gasteiger partial charge in [-0.15, -0.1) is 0 Å². The number of carboxylic acids is 1. The number of hydrogen-bond donors (Lipinski definition) is 3. The standard InChI is InChI=1S/C26H48N2O7/c1-5-6-7-8-9-10-11-12-13-14-15-18-21(23(27)31)34-24(32)20(17-16-19-22(29)30)28-25(33)35-26(2,3)4/h20-21H,5-19H2,1-4H3,(H2,27,31)(H,28,33)(H,29,30)/t20-,21?/m0/s1. The molecule has 0 saturated carbocycles. The van der Waals surface area contributed by atoms with Crippen molar-refractivity contribution in [3.05, 3.63) is 0 Å². The number of aliphatic carboxylic acids is 1. The minimum atomic E-state index is -1.14. The molecular formula is C26H48N2O7. The van der Waals surface area contributed by atoms with Gasteiger partial charge in [0.25, 0.3) is 5.91 Å². The second kappa shape index (κ2) is 18.9. The number of ether oxygens (including phenoxy) is 2. The monoisotopic (exact) mass is 500 g/mol. The molecule has 0 heterocycles. The van der Waals surface area contributed by atoms with Crippen LogP contribution >= 0.6 is 0 Å². The maximum absolute atomic E-state index is 12.7. The molecule has 9 heteroatoms. The van der Waals surface area contributed by atoms with Crippen molar-refractivity contribution in [2.24, 2.45) is 5.73 Å². The number of esters is 1. The normalized spacial score (nSPS) is 13.0. The first kappa shape index (κ1) is 32.7. The zero-order valence-electron chi connectivity index (χ0n) is 22.2. The number of carboxylic acid groups (broad SMARTS) is 1. The number of alkyl carbamates (subject to hydrolysis) is 1. The Kier molecular flexibility index (Phi) is 17.7. The van der Waals surface area contributed by atoms with Gasteiger partial charge in [0.1, 0.15) is 11.6 Å². The summed E-state index contributed by atoms with van der Waals surface area (Å²) < 4.78 is 10.5. The van der Waals surface area contributed by atoms with Gasteiger partial charge in [-0.2, -0.15) is 0 Å². The minimum Gasteiger partial charge on any atom is -0.481 e. The molecule has 0 saturated heterocycles. The van der Waals surface area contributed by atoms with Crippen LogP contribution in [-0.4, -0.2) is 46.8 Å². The van der Waals surface area contributed by atoms with E-state index >= 15 is 0 Å². The third-order valence-electron chi connectivity index (χ3n) is 5.50. The fourth-order valence-corrected chi connectivity index (χ4v) is 3.63. The fourth-order valence-electron chi connectivity index (χ4n) is 3.63. The van der Waals surface area contributed by atoms with Crippen molar-refractivity contribution < 1.29 is 33.8 Å². The average Bonchev–Trinajstić information content (AvgIpc) is 2.74. The minimum absolute atomic E-state index is 0.0360. The Morgan fingerprint density at radius 2 is 1.34 bits per heavy atom. The van der Waals surface area contributed by atoms with Gasteiger partial charge in [-0.3, -0.25) is 9.59 Å². The van der Waals surface area contributed by atoms with Crippen molar-refractivity contribution in [2.45, 2.75) is 142 Å². The smallest absolute Gasteiger partial charge is 0.408 e. The summed E-state index contributed by atoms with van der Waals surface area (Å²) in [7, 11) is 0. The van der Waals surface area contributed by atoms with Crippen molar-refractivity contribution in [1.29, 1.82) is 0 Å². The largest absolute Gasteiger partial charge is 0.481 e. The maximum Gasteiger partial charge on any atom is 0.408 e.